The van der Waals surface area contributed by atoms with Crippen molar-refractivity contribution in [2.45, 2.75) is 0 Å². The van der Waals surface area contributed by atoms with Crippen LogP contribution in [0.1, 0.15) is 10.5 Å². The average Bonchev–Trinajstić information content (AvgIpc) is 2.55. The number of amides is 1. The van der Waals surface area contributed by atoms with Crippen molar-refractivity contribution in [1.29, 1.82) is 0 Å². The number of aromatic nitrogens is 5. The van der Waals surface area contributed by atoms with E-state index in [1.807, 2.05) is 0 Å². The van der Waals surface area contributed by atoms with E-state index in [-0.39, 0.29) is 11.3 Å². The zero-order valence-electron chi connectivity index (χ0n) is 7.21. The lowest BCUT2D eigenvalue weighted by Crippen LogP contribution is -2.27. The van der Waals surface area contributed by atoms with E-state index in [2.05, 4.69) is 15.3 Å². The van der Waals surface area contributed by atoms with E-state index in [0.29, 0.717) is 0 Å². The third-order valence-electron chi connectivity index (χ3n) is 1.73. The van der Waals surface area contributed by atoms with Gasteiger partial charge in [0.25, 0.3) is 5.91 Å². The van der Waals surface area contributed by atoms with E-state index >= 15 is 0 Å². The van der Waals surface area contributed by atoms with Crippen LogP contribution in [-0.2, 0) is 7.05 Å². The summed E-state index contributed by atoms with van der Waals surface area (Å²) in [6.45, 7) is 0. The van der Waals surface area contributed by atoms with E-state index < -0.39 is 11.6 Å². The van der Waals surface area contributed by atoms with Crippen LogP contribution in [0.3, 0.4) is 0 Å². The molecule has 0 aliphatic carbocycles. The van der Waals surface area contributed by atoms with Gasteiger partial charge in [0.1, 0.15) is 6.33 Å². The highest BCUT2D eigenvalue weighted by Crippen LogP contribution is 2.00. The van der Waals surface area contributed by atoms with Crippen LogP contribution in [0.25, 0.3) is 5.65 Å². The summed E-state index contributed by atoms with van der Waals surface area (Å²) in [6.07, 6.45) is 1.19. The zero-order chi connectivity index (χ0) is 10.3. The molecule has 8 heteroatoms. The van der Waals surface area contributed by atoms with Gasteiger partial charge in [0.2, 0.25) is 0 Å². The summed E-state index contributed by atoms with van der Waals surface area (Å²) in [5, 5.41) is 7.14. The summed E-state index contributed by atoms with van der Waals surface area (Å²) in [7, 11) is 1.44. The number of carbonyl (C=O) groups is 1. The molecule has 2 aromatic heterocycles. The van der Waals surface area contributed by atoms with Crippen molar-refractivity contribution in [3.8, 4) is 0 Å². The van der Waals surface area contributed by atoms with Gasteiger partial charge in [0.15, 0.2) is 11.3 Å². The highest BCUT2D eigenvalue weighted by Gasteiger charge is 2.13. The highest BCUT2D eigenvalue weighted by molar-refractivity contribution is 5.96. The molecule has 0 aromatic carbocycles. The lowest BCUT2D eigenvalue weighted by molar-refractivity contribution is 0.0997. The molecule has 14 heavy (non-hydrogen) atoms. The molecule has 0 saturated carbocycles. The molecule has 2 heterocycles. The molecule has 0 unspecified atom stereocenters. The van der Waals surface area contributed by atoms with E-state index in [1.165, 1.54) is 13.4 Å². The molecule has 0 radical (unpaired) electrons. The Morgan fingerprint density at radius 1 is 1.57 bits per heavy atom. The SMILES string of the molecule is C[15n]1nnc2c(C(N)=O)ncn2c1=O. The Labute approximate surface area is 77.0 Å². The van der Waals surface area contributed by atoms with Crippen LogP contribution < -0.4 is 11.4 Å². The third-order valence-corrected chi connectivity index (χ3v) is 1.73. The Balaban J connectivity index is 2.91. The predicted octanol–water partition coefficient (Wildman–Crippen LogP) is -2.08. The first kappa shape index (κ1) is 8.35. The van der Waals surface area contributed by atoms with Crippen LogP contribution in [-0.4, -0.2) is 30.3 Å². The number of nitrogens with zero attached hydrogens (tertiary/aromatic N) is 5. The molecule has 0 bridgehead atoms. The van der Waals surface area contributed by atoms with E-state index in [0.717, 1.165) is 9.08 Å². The first-order chi connectivity index (χ1) is 6.61. The van der Waals surface area contributed by atoms with Crippen molar-refractivity contribution >= 4 is 11.6 Å². The van der Waals surface area contributed by atoms with Crippen LogP contribution in [0, 0.1) is 0 Å². The Kier molecular flexibility index (Phi) is 1.56. The Bertz CT molecular complexity index is 567. The molecule has 0 spiro atoms. The van der Waals surface area contributed by atoms with Crippen LogP contribution in [0.15, 0.2) is 11.1 Å². The number of imidazole rings is 1. The van der Waals surface area contributed by atoms with Gasteiger partial charge in [-0.25, -0.2) is 14.2 Å². The Morgan fingerprint density at radius 2 is 2.29 bits per heavy atom. The van der Waals surface area contributed by atoms with Crippen molar-refractivity contribution < 1.29 is 4.79 Å². The standard InChI is InChI=1S/C6H6N6O2/c1-11-6(14)12-2-8-3(4(7)13)5(12)9-10-11/h2H,1H3,(H2,7,13)/i11+1. The molecular formula is C6H6N6O2. The molecule has 0 fully saturated rings. The molecule has 0 aliphatic rings. The van der Waals surface area contributed by atoms with Crippen molar-refractivity contribution in [2.24, 2.45) is 12.8 Å². The van der Waals surface area contributed by atoms with Crippen molar-refractivity contribution in [3.63, 3.8) is 0 Å². The smallest absolute Gasteiger partial charge is 0.352 e. The number of hydrogen-bond acceptors (Lipinski definition) is 5. The van der Waals surface area contributed by atoms with Crippen molar-refractivity contribution in [1.82, 2.24) is 24.4 Å². The molecule has 2 N–H and O–H groups in total. The Morgan fingerprint density at radius 3 is 2.93 bits per heavy atom. The van der Waals surface area contributed by atoms with Crippen LogP contribution in [0.4, 0.5) is 0 Å². The van der Waals surface area contributed by atoms with Gasteiger partial charge in [-0.2, -0.15) is 4.68 Å². The molecule has 2 aromatic rings. The lowest BCUT2D eigenvalue weighted by atomic mass is 10.4. The van der Waals surface area contributed by atoms with Gasteiger partial charge >= 0.3 is 5.69 Å². The van der Waals surface area contributed by atoms with Crippen LogP contribution in [0.2, 0.25) is 0 Å². The van der Waals surface area contributed by atoms with Gasteiger partial charge in [-0.15, -0.1) is 5.10 Å². The fraction of sp³-hybridized carbons (Fsp3) is 0.167. The summed E-state index contributed by atoms with van der Waals surface area (Å²) in [5.74, 6) is -0.741. The highest BCUT2D eigenvalue weighted by atomic mass is 16.2. The van der Waals surface area contributed by atoms with E-state index in [4.69, 9.17) is 5.73 Å². The monoisotopic (exact) mass is 195 g/mol. The van der Waals surface area contributed by atoms with Gasteiger partial charge < -0.3 is 5.73 Å². The molecule has 0 atom stereocenters. The number of nitrogens with two attached hydrogens (primary N) is 1. The maximum absolute atomic E-state index is 11.4. The number of fused-ring (bicyclic) bond motifs is 1. The molecule has 2 rings (SSSR count). The third kappa shape index (κ3) is 0.969. The predicted molar refractivity (Wildman–Crippen MR) is 44.5 cm³/mol. The fourth-order valence-electron chi connectivity index (χ4n) is 1.05. The second-order valence-corrected chi connectivity index (χ2v) is 2.65. The van der Waals surface area contributed by atoms with Gasteiger partial charge in [-0.3, -0.25) is 4.79 Å². The quantitative estimate of drug-likeness (QED) is 0.561. The summed E-state index contributed by atoms with van der Waals surface area (Å²) in [4.78, 5) is 25.9. The largest absolute Gasteiger partial charge is 0.364 e. The Hall–Kier alpha value is -2.25. The molecule has 72 valence electrons. The number of rotatable bonds is 1. The van der Waals surface area contributed by atoms with Gasteiger partial charge in [-0.05, 0) is 0 Å². The minimum atomic E-state index is -0.741. The van der Waals surface area contributed by atoms with Gasteiger partial charge in [0, 0.05) is 7.05 Å². The first-order valence-electron chi connectivity index (χ1n) is 3.68. The topological polar surface area (TPSA) is 108 Å². The summed E-state index contributed by atoms with van der Waals surface area (Å²) in [5.41, 5.74) is 4.60. The molecular weight excluding hydrogens is 189 g/mol. The normalized spacial score (nSPS) is 10.6. The second-order valence-electron chi connectivity index (χ2n) is 2.65. The number of hydrogen-bond donors (Lipinski definition) is 1. The molecule has 0 aliphatic heterocycles. The van der Waals surface area contributed by atoms with Gasteiger partial charge in [-0.1, -0.05) is 5.21 Å². The maximum atomic E-state index is 11.4. The lowest BCUT2D eigenvalue weighted by Gasteiger charge is -1.95. The van der Waals surface area contributed by atoms with E-state index in [9.17, 15) is 9.59 Å². The van der Waals surface area contributed by atoms with Crippen LogP contribution >= 0.6 is 0 Å². The zero-order valence-corrected chi connectivity index (χ0v) is 7.21. The van der Waals surface area contributed by atoms with Crippen molar-refractivity contribution in [2.75, 3.05) is 0 Å². The fourth-order valence-corrected chi connectivity index (χ4v) is 1.05. The maximum Gasteiger partial charge on any atom is 0.352 e. The van der Waals surface area contributed by atoms with Crippen LogP contribution in [0.5, 0.6) is 0 Å². The van der Waals surface area contributed by atoms with Crippen molar-refractivity contribution in [3.05, 3.63) is 22.5 Å². The molecule has 8 nitrogen and oxygen atoms in total. The molecule has 0 saturated heterocycles. The summed E-state index contributed by atoms with van der Waals surface area (Å²) in [6, 6.07) is 0. The average molecular weight is 195 g/mol. The van der Waals surface area contributed by atoms with Gasteiger partial charge in [0.05, 0.1) is 0 Å². The second kappa shape index (κ2) is 2.62. The molecule has 1 amide bonds. The van der Waals surface area contributed by atoms with E-state index in [1.54, 1.807) is 0 Å². The minimum Gasteiger partial charge on any atom is -0.364 e. The first-order valence-corrected chi connectivity index (χ1v) is 3.68. The summed E-state index contributed by atoms with van der Waals surface area (Å²) < 4.78 is 2.13. The number of aryl methyl sites for hydroxylation is 1. The minimum absolute atomic E-state index is 0.0600. The number of carbonyl (C=O) groups excluding carboxylic acids is 1. The summed E-state index contributed by atoms with van der Waals surface area (Å²) >= 11 is 0. The number of primary amides is 1.